The predicted octanol–water partition coefficient (Wildman–Crippen LogP) is 0.495. The zero-order valence-electron chi connectivity index (χ0n) is 12.6. The molecule has 2 N–H and O–H groups in total. The Morgan fingerprint density at radius 3 is 2.91 bits per heavy atom. The maximum atomic E-state index is 11.9. The van der Waals surface area contributed by atoms with Gasteiger partial charge < -0.3 is 24.8 Å². The lowest BCUT2D eigenvalue weighted by Crippen LogP contribution is -2.44. The van der Waals surface area contributed by atoms with Gasteiger partial charge in [-0.1, -0.05) is 6.07 Å². The summed E-state index contributed by atoms with van der Waals surface area (Å²) in [5, 5.41) is 6.23. The van der Waals surface area contributed by atoms with Crippen LogP contribution in [0.3, 0.4) is 0 Å². The highest BCUT2D eigenvalue weighted by atomic mass is 16.6. The first-order chi connectivity index (χ1) is 10.8. The Morgan fingerprint density at radius 1 is 1.23 bits per heavy atom. The molecule has 1 aromatic carbocycles. The predicted molar refractivity (Wildman–Crippen MR) is 81.4 cm³/mol. The number of hydrogen-bond donors (Lipinski definition) is 2. The maximum absolute atomic E-state index is 11.9. The first-order valence-corrected chi connectivity index (χ1v) is 7.77. The van der Waals surface area contributed by atoms with Crippen molar-refractivity contribution in [3.8, 4) is 11.5 Å². The van der Waals surface area contributed by atoms with Crippen LogP contribution in [-0.2, 0) is 16.0 Å². The van der Waals surface area contributed by atoms with E-state index in [2.05, 4.69) is 10.6 Å². The topological polar surface area (TPSA) is 68.8 Å². The fourth-order valence-corrected chi connectivity index (χ4v) is 2.64. The summed E-state index contributed by atoms with van der Waals surface area (Å²) in [4.78, 5) is 11.9. The summed E-state index contributed by atoms with van der Waals surface area (Å²) in [6, 6.07) is 6.05. The monoisotopic (exact) mass is 306 g/mol. The first kappa shape index (κ1) is 15.1. The van der Waals surface area contributed by atoms with Crippen molar-refractivity contribution >= 4 is 5.91 Å². The first-order valence-electron chi connectivity index (χ1n) is 7.77. The molecule has 0 aromatic heterocycles. The summed E-state index contributed by atoms with van der Waals surface area (Å²) in [5.74, 6) is 1.64. The second kappa shape index (κ2) is 7.47. The molecule has 0 radical (unpaired) electrons. The Hall–Kier alpha value is -1.79. The van der Waals surface area contributed by atoms with Crippen molar-refractivity contribution in [3.05, 3.63) is 23.8 Å². The summed E-state index contributed by atoms with van der Waals surface area (Å²) < 4.78 is 16.4. The summed E-state index contributed by atoms with van der Waals surface area (Å²) in [6.45, 7) is 3.95. The minimum Gasteiger partial charge on any atom is -0.486 e. The molecule has 2 aliphatic heterocycles. The van der Waals surface area contributed by atoms with Crippen molar-refractivity contribution in [1.29, 1.82) is 0 Å². The van der Waals surface area contributed by atoms with E-state index < -0.39 is 0 Å². The van der Waals surface area contributed by atoms with Crippen LogP contribution in [0, 0.1) is 0 Å². The normalized spacial score (nSPS) is 20.5. The molecule has 0 saturated carbocycles. The quantitative estimate of drug-likeness (QED) is 0.829. The number of ether oxygens (including phenoxy) is 3. The van der Waals surface area contributed by atoms with E-state index in [4.69, 9.17) is 14.2 Å². The van der Waals surface area contributed by atoms with E-state index in [0.717, 1.165) is 36.6 Å². The largest absolute Gasteiger partial charge is 0.486 e. The lowest BCUT2D eigenvalue weighted by atomic mass is 10.1. The number of carbonyl (C=O) groups excluding carboxylic acids is 1. The number of carbonyl (C=O) groups is 1. The second-order valence-corrected chi connectivity index (χ2v) is 5.51. The molecule has 22 heavy (non-hydrogen) atoms. The van der Waals surface area contributed by atoms with Gasteiger partial charge in [0.2, 0.25) is 5.91 Å². The third kappa shape index (κ3) is 4.11. The molecule has 2 heterocycles. The SMILES string of the molecule is O=C(CC1COCCN1)NCCc1ccc2c(c1)OCCO2. The molecule has 1 unspecified atom stereocenters. The van der Waals surface area contributed by atoms with Gasteiger partial charge in [-0.15, -0.1) is 0 Å². The van der Waals surface area contributed by atoms with E-state index in [-0.39, 0.29) is 11.9 Å². The minimum atomic E-state index is 0.0561. The number of amides is 1. The van der Waals surface area contributed by atoms with Crippen LogP contribution in [0.4, 0.5) is 0 Å². The van der Waals surface area contributed by atoms with E-state index in [1.54, 1.807) is 0 Å². The highest BCUT2D eigenvalue weighted by Crippen LogP contribution is 2.30. The van der Waals surface area contributed by atoms with Gasteiger partial charge >= 0.3 is 0 Å². The molecule has 0 spiro atoms. The maximum Gasteiger partial charge on any atom is 0.221 e. The fourth-order valence-electron chi connectivity index (χ4n) is 2.64. The van der Waals surface area contributed by atoms with Crippen LogP contribution in [0.25, 0.3) is 0 Å². The van der Waals surface area contributed by atoms with Crippen molar-refractivity contribution in [2.24, 2.45) is 0 Å². The molecule has 0 aliphatic carbocycles. The van der Waals surface area contributed by atoms with Crippen LogP contribution in [0.2, 0.25) is 0 Å². The summed E-state index contributed by atoms with van der Waals surface area (Å²) in [5.41, 5.74) is 1.13. The smallest absolute Gasteiger partial charge is 0.221 e. The van der Waals surface area contributed by atoms with E-state index >= 15 is 0 Å². The number of rotatable bonds is 5. The van der Waals surface area contributed by atoms with Crippen molar-refractivity contribution in [3.63, 3.8) is 0 Å². The summed E-state index contributed by atoms with van der Waals surface area (Å²) in [6.07, 6.45) is 1.23. The van der Waals surface area contributed by atoms with Gasteiger partial charge in [-0.2, -0.15) is 0 Å². The molecule has 6 heteroatoms. The number of fused-ring (bicyclic) bond motifs is 1. The Bertz CT molecular complexity index is 515. The number of nitrogens with one attached hydrogen (secondary N) is 2. The van der Waals surface area contributed by atoms with Gasteiger partial charge in [0, 0.05) is 25.6 Å². The highest BCUT2D eigenvalue weighted by molar-refractivity contribution is 5.76. The Morgan fingerprint density at radius 2 is 2.09 bits per heavy atom. The van der Waals surface area contributed by atoms with Gasteiger partial charge in [0.1, 0.15) is 13.2 Å². The van der Waals surface area contributed by atoms with Crippen LogP contribution >= 0.6 is 0 Å². The van der Waals surface area contributed by atoms with Crippen molar-refractivity contribution in [1.82, 2.24) is 10.6 Å². The molecule has 2 aliphatic rings. The van der Waals surface area contributed by atoms with Crippen LogP contribution in [0.1, 0.15) is 12.0 Å². The molecular formula is C16H22N2O4. The minimum absolute atomic E-state index is 0.0561. The number of benzene rings is 1. The number of morpholine rings is 1. The lowest BCUT2D eigenvalue weighted by molar-refractivity contribution is -0.122. The zero-order valence-corrected chi connectivity index (χ0v) is 12.6. The van der Waals surface area contributed by atoms with Crippen molar-refractivity contribution in [2.45, 2.75) is 18.9 Å². The molecule has 1 fully saturated rings. The summed E-state index contributed by atoms with van der Waals surface area (Å²) in [7, 11) is 0. The zero-order chi connectivity index (χ0) is 15.2. The number of hydrogen-bond acceptors (Lipinski definition) is 5. The Balaban J connectivity index is 1.41. The average Bonchev–Trinajstić information content (AvgIpc) is 2.55. The van der Waals surface area contributed by atoms with Gasteiger partial charge in [-0.25, -0.2) is 0 Å². The fraction of sp³-hybridized carbons (Fsp3) is 0.562. The molecule has 1 aromatic rings. The van der Waals surface area contributed by atoms with E-state index in [1.165, 1.54) is 0 Å². The average molecular weight is 306 g/mol. The van der Waals surface area contributed by atoms with E-state index in [9.17, 15) is 4.79 Å². The third-order valence-electron chi connectivity index (χ3n) is 3.77. The van der Waals surface area contributed by atoms with Crippen LogP contribution in [-0.4, -0.2) is 51.5 Å². The highest BCUT2D eigenvalue weighted by Gasteiger charge is 2.16. The van der Waals surface area contributed by atoms with Gasteiger partial charge in [0.15, 0.2) is 11.5 Å². The molecule has 3 rings (SSSR count). The van der Waals surface area contributed by atoms with Gasteiger partial charge in [-0.3, -0.25) is 4.79 Å². The lowest BCUT2D eigenvalue weighted by Gasteiger charge is -2.23. The van der Waals surface area contributed by atoms with Gasteiger partial charge in [0.05, 0.1) is 13.2 Å². The van der Waals surface area contributed by atoms with Gasteiger partial charge in [0.25, 0.3) is 0 Å². The molecule has 1 amide bonds. The molecule has 0 bridgehead atoms. The van der Waals surface area contributed by atoms with Crippen LogP contribution < -0.4 is 20.1 Å². The van der Waals surface area contributed by atoms with Gasteiger partial charge in [-0.05, 0) is 24.1 Å². The summed E-state index contributed by atoms with van der Waals surface area (Å²) >= 11 is 0. The van der Waals surface area contributed by atoms with E-state index in [1.807, 2.05) is 18.2 Å². The third-order valence-corrected chi connectivity index (χ3v) is 3.77. The van der Waals surface area contributed by atoms with Crippen LogP contribution in [0.15, 0.2) is 18.2 Å². The molecule has 1 atom stereocenters. The van der Waals surface area contributed by atoms with E-state index in [0.29, 0.717) is 32.8 Å². The molecule has 1 saturated heterocycles. The van der Waals surface area contributed by atoms with Crippen LogP contribution in [0.5, 0.6) is 11.5 Å². The Kier molecular flexibility index (Phi) is 5.13. The molecule has 120 valence electrons. The molecular weight excluding hydrogens is 284 g/mol. The standard InChI is InChI=1S/C16H22N2O4/c19-16(10-13-11-20-6-5-17-13)18-4-3-12-1-2-14-15(9-12)22-8-7-21-14/h1-2,9,13,17H,3-8,10-11H2,(H,18,19). The molecule has 6 nitrogen and oxygen atoms in total. The van der Waals surface area contributed by atoms with Crippen molar-refractivity contribution in [2.75, 3.05) is 39.5 Å². The second-order valence-electron chi connectivity index (χ2n) is 5.51. The Labute approximate surface area is 130 Å². The van der Waals surface area contributed by atoms with Crippen molar-refractivity contribution < 1.29 is 19.0 Å².